The largest absolute Gasteiger partial charge is 0.398 e. The number of nitrogen functional groups attached to an aromatic ring is 1. The first kappa shape index (κ1) is 12.3. The summed E-state index contributed by atoms with van der Waals surface area (Å²) in [6.45, 7) is 0.507. The van der Waals surface area contributed by atoms with Crippen LogP contribution in [0.2, 0.25) is 0 Å². The fourth-order valence-corrected chi connectivity index (χ4v) is 1.86. The molecule has 4 heteroatoms. The summed E-state index contributed by atoms with van der Waals surface area (Å²) in [5.74, 6) is -0.107. The molecular weight excluding hydrogens is 226 g/mol. The van der Waals surface area contributed by atoms with E-state index in [9.17, 15) is 4.79 Å². The number of anilines is 1. The summed E-state index contributed by atoms with van der Waals surface area (Å²) < 4.78 is 0. The molecule has 0 saturated carbocycles. The molecule has 2 rings (SSSR count). The van der Waals surface area contributed by atoms with Gasteiger partial charge in [0.15, 0.2) is 5.78 Å². The maximum Gasteiger partial charge on any atom is 0.196 e. The monoisotopic (exact) mass is 241 g/mol. The fourth-order valence-electron chi connectivity index (χ4n) is 1.86. The molecule has 18 heavy (non-hydrogen) atoms. The van der Waals surface area contributed by atoms with Gasteiger partial charge in [-0.2, -0.15) is 0 Å². The van der Waals surface area contributed by atoms with Gasteiger partial charge >= 0.3 is 0 Å². The summed E-state index contributed by atoms with van der Waals surface area (Å²) in [6.07, 6.45) is 3.73. The maximum absolute atomic E-state index is 12.4. The molecule has 0 atom stereocenters. The highest BCUT2D eigenvalue weighted by molar-refractivity contribution is 6.12. The Morgan fingerprint density at radius 1 is 1.17 bits per heavy atom. The zero-order valence-electron chi connectivity index (χ0n) is 9.97. The molecule has 1 aromatic carbocycles. The van der Waals surface area contributed by atoms with Crippen LogP contribution in [0.15, 0.2) is 42.7 Å². The Balaban J connectivity index is 2.43. The minimum Gasteiger partial charge on any atom is -0.398 e. The van der Waals surface area contributed by atoms with Gasteiger partial charge in [-0.25, -0.2) is 0 Å². The molecule has 92 valence electrons. The Morgan fingerprint density at radius 2 is 1.94 bits per heavy atom. The van der Waals surface area contributed by atoms with Crippen LogP contribution in [0.4, 0.5) is 5.69 Å². The van der Waals surface area contributed by atoms with Crippen molar-refractivity contribution < 1.29 is 4.79 Å². The van der Waals surface area contributed by atoms with Crippen molar-refractivity contribution in [2.24, 2.45) is 5.73 Å². The van der Waals surface area contributed by atoms with Gasteiger partial charge in [-0.15, -0.1) is 0 Å². The van der Waals surface area contributed by atoms with Gasteiger partial charge in [0.2, 0.25) is 0 Å². The zero-order valence-corrected chi connectivity index (χ0v) is 9.97. The minimum absolute atomic E-state index is 0.107. The Morgan fingerprint density at radius 3 is 2.67 bits per heavy atom. The van der Waals surface area contributed by atoms with E-state index in [1.807, 2.05) is 18.2 Å². The van der Waals surface area contributed by atoms with Crippen molar-refractivity contribution in [3.63, 3.8) is 0 Å². The van der Waals surface area contributed by atoms with E-state index in [0.717, 1.165) is 5.56 Å². The van der Waals surface area contributed by atoms with Gasteiger partial charge in [0.25, 0.3) is 0 Å². The highest BCUT2D eigenvalue weighted by Crippen LogP contribution is 2.18. The smallest absolute Gasteiger partial charge is 0.196 e. The van der Waals surface area contributed by atoms with Crippen molar-refractivity contribution in [3.05, 3.63) is 59.4 Å². The molecule has 0 saturated heterocycles. The number of rotatable bonds is 4. The van der Waals surface area contributed by atoms with E-state index in [1.165, 1.54) is 6.20 Å². The first-order valence-corrected chi connectivity index (χ1v) is 5.76. The third kappa shape index (κ3) is 2.38. The van der Waals surface area contributed by atoms with E-state index >= 15 is 0 Å². The number of carbonyl (C=O) groups is 1. The lowest BCUT2D eigenvalue weighted by molar-refractivity contribution is 0.103. The number of pyridine rings is 1. The van der Waals surface area contributed by atoms with Crippen LogP contribution in [0.3, 0.4) is 0 Å². The predicted molar refractivity (Wildman–Crippen MR) is 71.3 cm³/mol. The highest BCUT2D eigenvalue weighted by Gasteiger charge is 2.15. The van der Waals surface area contributed by atoms with Gasteiger partial charge in [-0.05, 0) is 24.6 Å². The average molecular weight is 241 g/mol. The summed E-state index contributed by atoms with van der Waals surface area (Å²) in [6, 6.07) is 9.05. The van der Waals surface area contributed by atoms with Gasteiger partial charge < -0.3 is 11.5 Å². The maximum atomic E-state index is 12.4. The predicted octanol–water partition coefficient (Wildman–Crippen LogP) is 1.40. The Hall–Kier alpha value is -2.20. The van der Waals surface area contributed by atoms with Gasteiger partial charge in [0.1, 0.15) is 0 Å². The third-order valence-electron chi connectivity index (χ3n) is 2.78. The summed E-state index contributed by atoms with van der Waals surface area (Å²) in [5, 5.41) is 0. The average Bonchev–Trinajstić information content (AvgIpc) is 2.40. The number of nitrogens with zero attached hydrogens (tertiary/aromatic N) is 1. The SMILES string of the molecule is NCCc1ccccc1C(=O)c1cnccc1N. The molecule has 4 N–H and O–H groups in total. The second-order valence-electron chi connectivity index (χ2n) is 3.99. The van der Waals surface area contributed by atoms with Crippen LogP contribution in [-0.2, 0) is 6.42 Å². The summed E-state index contributed by atoms with van der Waals surface area (Å²) >= 11 is 0. The minimum atomic E-state index is -0.107. The Bertz CT molecular complexity index is 566. The lowest BCUT2D eigenvalue weighted by Crippen LogP contribution is -2.11. The number of ketones is 1. The molecule has 0 unspecified atom stereocenters. The molecule has 0 fully saturated rings. The summed E-state index contributed by atoms with van der Waals surface area (Å²) in [7, 11) is 0. The van der Waals surface area contributed by atoms with E-state index in [4.69, 9.17) is 11.5 Å². The van der Waals surface area contributed by atoms with E-state index < -0.39 is 0 Å². The normalized spacial score (nSPS) is 10.3. The van der Waals surface area contributed by atoms with Crippen molar-refractivity contribution in [2.45, 2.75) is 6.42 Å². The third-order valence-corrected chi connectivity index (χ3v) is 2.78. The quantitative estimate of drug-likeness (QED) is 0.793. The number of nitrogens with two attached hydrogens (primary N) is 2. The highest BCUT2D eigenvalue weighted by atomic mass is 16.1. The van der Waals surface area contributed by atoms with Crippen molar-refractivity contribution in [1.29, 1.82) is 0 Å². The van der Waals surface area contributed by atoms with E-state index in [2.05, 4.69) is 4.98 Å². The van der Waals surface area contributed by atoms with Crippen LogP contribution in [0.1, 0.15) is 21.5 Å². The first-order valence-electron chi connectivity index (χ1n) is 5.76. The fraction of sp³-hybridized carbons (Fsp3) is 0.143. The molecule has 1 aromatic heterocycles. The van der Waals surface area contributed by atoms with E-state index in [1.54, 1.807) is 18.3 Å². The molecule has 0 spiro atoms. The molecular formula is C14H15N3O. The van der Waals surface area contributed by atoms with Crippen LogP contribution < -0.4 is 11.5 Å². The molecule has 0 radical (unpaired) electrons. The number of aromatic nitrogens is 1. The summed E-state index contributed by atoms with van der Waals surface area (Å²) in [5.41, 5.74) is 13.8. The van der Waals surface area contributed by atoms with Crippen LogP contribution >= 0.6 is 0 Å². The van der Waals surface area contributed by atoms with Gasteiger partial charge in [0.05, 0.1) is 5.56 Å². The topological polar surface area (TPSA) is 82.0 Å². The van der Waals surface area contributed by atoms with Crippen LogP contribution in [-0.4, -0.2) is 17.3 Å². The molecule has 0 aliphatic carbocycles. The van der Waals surface area contributed by atoms with Crippen molar-refractivity contribution in [1.82, 2.24) is 4.98 Å². The standard InChI is InChI=1S/C14H15N3O/c15-7-5-10-3-1-2-4-11(10)14(18)12-9-17-8-6-13(12)16/h1-4,6,8-9H,5,7,15H2,(H2,16,17). The number of carbonyl (C=O) groups excluding carboxylic acids is 1. The summed E-state index contributed by atoms with van der Waals surface area (Å²) in [4.78, 5) is 16.3. The van der Waals surface area contributed by atoms with Crippen molar-refractivity contribution in [2.75, 3.05) is 12.3 Å². The lowest BCUT2D eigenvalue weighted by Gasteiger charge is -2.08. The lowest BCUT2D eigenvalue weighted by atomic mass is 9.97. The van der Waals surface area contributed by atoms with Gasteiger partial charge in [-0.1, -0.05) is 24.3 Å². The second kappa shape index (κ2) is 5.42. The molecule has 0 bridgehead atoms. The molecule has 0 amide bonds. The first-order chi connectivity index (χ1) is 8.74. The number of benzene rings is 1. The van der Waals surface area contributed by atoms with Gasteiger partial charge in [0, 0.05) is 23.6 Å². The molecule has 4 nitrogen and oxygen atoms in total. The molecule has 1 heterocycles. The number of hydrogen-bond acceptors (Lipinski definition) is 4. The second-order valence-corrected chi connectivity index (χ2v) is 3.99. The zero-order chi connectivity index (χ0) is 13.0. The van der Waals surface area contributed by atoms with E-state index in [-0.39, 0.29) is 5.78 Å². The van der Waals surface area contributed by atoms with Crippen LogP contribution in [0, 0.1) is 0 Å². The van der Waals surface area contributed by atoms with Gasteiger partial charge in [-0.3, -0.25) is 9.78 Å². The molecule has 0 aliphatic heterocycles. The number of hydrogen-bond donors (Lipinski definition) is 2. The van der Waals surface area contributed by atoms with Crippen molar-refractivity contribution >= 4 is 11.5 Å². The Labute approximate surface area is 106 Å². The van der Waals surface area contributed by atoms with Crippen LogP contribution in [0.25, 0.3) is 0 Å². The van der Waals surface area contributed by atoms with E-state index in [0.29, 0.717) is 29.8 Å². The molecule has 0 aliphatic rings. The Kier molecular flexibility index (Phi) is 3.69. The molecule has 2 aromatic rings. The van der Waals surface area contributed by atoms with Crippen LogP contribution in [0.5, 0.6) is 0 Å². The van der Waals surface area contributed by atoms with Crippen molar-refractivity contribution in [3.8, 4) is 0 Å².